The van der Waals surface area contributed by atoms with Gasteiger partial charge in [0.25, 0.3) is 0 Å². The monoisotopic (exact) mass is 294 g/mol. The van der Waals surface area contributed by atoms with Crippen LogP contribution in [0.3, 0.4) is 0 Å². The van der Waals surface area contributed by atoms with Crippen molar-refractivity contribution in [1.29, 1.82) is 0 Å². The number of nitrogens with zero attached hydrogens (tertiary/aromatic N) is 2. The predicted molar refractivity (Wildman–Crippen MR) is 77.1 cm³/mol. The van der Waals surface area contributed by atoms with Crippen molar-refractivity contribution in [2.24, 2.45) is 0 Å². The normalized spacial score (nSPS) is 15.4. The summed E-state index contributed by atoms with van der Waals surface area (Å²) in [5, 5.41) is 2.87. The van der Waals surface area contributed by atoms with Gasteiger partial charge in [0, 0.05) is 24.0 Å². The van der Waals surface area contributed by atoms with Crippen molar-refractivity contribution in [1.82, 2.24) is 4.98 Å². The first kappa shape index (κ1) is 13.3. The van der Waals surface area contributed by atoms with Gasteiger partial charge in [-0.2, -0.15) is 0 Å². The van der Waals surface area contributed by atoms with Gasteiger partial charge in [-0.1, -0.05) is 0 Å². The molecule has 20 heavy (non-hydrogen) atoms. The van der Waals surface area contributed by atoms with Gasteiger partial charge >= 0.3 is 0 Å². The highest BCUT2D eigenvalue weighted by molar-refractivity contribution is 7.14. The standard InChI is InChI=1S/C14H15FN2O2S/c1-18-13-3-2-10(15)8-11(13)12-9-20-14(16-12)17-4-6-19-7-5-17/h2-3,8-9H,4-7H2,1H3. The highest BCUT2D eigenvalue weighted by atomic mass is 32.1. The van der Waals surface area contributed by atoms with Crippen LogP contribution in [-0.4, -0.2) is 38.4 Å². The Morgan fingerprint density at radius 1 is 1.35 bits per heavy atom. The number of anilines is 1. The van der Waals surface area contributed by atoms with Gasteiger partial charge in [-0.15, -0.1) is 11.3 Å². The molecule has 0 N–H and O–H groups in total. The molecular formula is C14H15FN2O2S. The summed E-state index contributed by atoms with van der Waals surface area (Å²) >= 11 is 1.56. The molecule has 0 spiro atoms. The Balaban J connectivity index is 1.91. The Bertz CT molecular complexity index is 597. The lowest BCUT2D eigenvalue weighted by molar-refractivity contribution is 0.122. The van der Waals surface area contributed by atoms with E-state index in [4.69, 9.17) is 9.47 Å². The van der Waals surface area contributed by atoms with Crippen LogP contribution < -0.4 is 9.64 Å². The van der Waals surface area contributed by atoms with E-state index in [0.29, 0.717) is 11.3 Å². The Hall–Kier alpha value is -1.66. The van der Waals surface area contributed by atoms with E-state index < -0.39 is 0 Å². The number of halogens is 1. The van der Waals surface area contributed by atoms with Crippen molar-refractivity contribution in [2.45, 2.75) is 0 Å². The fraction of sp³-hybridized carbons (Fsp3) is 0.357. The molecule has 1 saturated heterocycles. The van der Waals surface area contributed by atoms with Crippen LogP contribution in [-0.2, 0) is 4.74 Å². The van der Waals surface area contributed by atoms with E-state index in [1.165, 1.54) is 12.1 Å². The lowest BCUT2D eigenvalue weighted by atomic mass is 10.1. The van der Waals surface area contributed by atoms with Crippen molar-refractivity contribution in [3.63, 3.8) is 0 Å². The zero-order valence-electron chi connectivity index (χ0n) is 11.1. The molecule has 1 aliphatic heterocycles. The summed E-state index contributed by atoms with van der Waals surface area (Å²) < 4.78 is 24.0. The third kappa shape index (κ3) is 2.62. The van der Waals surface area contributed by atoms with Crippen LogP contribution in [0, 0.1) is 5.82 Å². The van der Waals surface area contributed by atoms with Gasteiger partial charge in [0.15, 0.2) is 5.13 Å². The first-order chi connectivity index (χ1) is 9.78. The number of hydrogen-bond donors (Lipinski definition) is 0. The van der Waals surface area contributed by atoms with E-state index in [1.807, 2.05) is 5.38 Å². The van der Waals surface area contributed by atoms with E-state index in [-0.39, 0.29) is 5.82 Å². The van der Waals surface area contributed by atoms with Crippen LogP contribution in [0.25, 0.3) is 11.3 Å². The molecule has 0 unspecified atom stereocenters. The second-order valence-electron chi connectivity index (χ2n) is 4.46. The number of aromatic nitrogens is 1. The highest BCUT2D eigenvalue weighted by Crippen LogP contribution is 2.34. The van der Waals surface area contributed by atoms with Gasteiger partial charge in [0.2, 0.25) is 0 Å². The zero-order valence-corrected chi connectivity index (χ0v) is 12.0. The number of morpholine rings is 1. The summed E-state index contributed by atoms with van der Waals surface area (Å²) in [6, 6.07) is 4.47. The van der Waals surface area contributed by atoms with Crippen LogP contribution >= 0.6 is 11.3 Å². The molecule has 2 aromatic rings. The summed E-state index contributed by atoms with van der Waals surface area (Å²) in [5.74, 6) is 0.340. The number of benzene rings is 1. The zero-order chi connectivity index (χ0) is 13.9. The highest BCUT2D eigenvalue weighted by Gasteiger charge is 2.17. The molecule has 106 valence electrons. The van der Waals surface area contributed by atoms with E-state index in [2.05, 4.69) is 9.88 Å². The average Bonchev–Trinajstić information content (AvgIpc) is 2.98. The molecule has 1 aromatic carbocycles. The maximum Gasteiger partial charge on any atom is 0.186 e. The second kappa shape index (κ2) is 5.76. The summed E-state index contributed by atoms with van der Waals surface area (Å²) in [7, 11) is 1.58. The van der Waals surface area contributed by atoms with Gasteiger partial charge in [-0.05, 0) is 18.2 Å². The van der Waals surface area contributed by atoms with E-state index >= 15 is 0 Å². The van der Waals surface area contributed by atoms with E-state index in [0.717, 1.165) is 37.1 Å². The first-order valence-corrected chi connectivity index (χ1v) is 7.28. The van der Waals surface area contributed by atoms with Gasteiger partial charge < -0.3 is 14.4 Å². The molecule has 2 heterocycles. The second-order valence-corrected chi connectivity index (χ2v) is 5.30. The quantitative estimate of drug-likeness (QED) is 0.872. The van der Waals surface area contributed by atoms with Gasteiger partial charge in [0.1, 0.15) is 11.6 Å². The van der Waals surface area contributed by atoms with Crippen molar-refractivity contribution >= 4 is 16.5 Å². The minimum atomic E-state index is -0.290. The summed E-state index contributed by atoms with van der Waals surface area (Å²) in [6.45, 7) is 3.12. The summed E-state index contributed by atoms with van der Waals surface area (Å²) in [4.78, 5) is 6.78. The molecule has 0 radical (unpaired) electrons. The van der Waals surface area contributed by atoms with Crippen LogP contribution in [0.5, 0.6) is 5.75 Å². The minimum absolute atomic E-state index is 0.290. The van der Waals surface area contributed by atoms with Crippen LogP contribution in [0.1, 0.15) is 0 Å². The minimum Gasteiger partial charge on any atom is -0.496 e. The van der Waals surface area contributed by atoms with Gasteiger partial charge in [0.05, 0.1) is 26.0 Å². The molecule has 1 aliphatic rings. The van der Waals surface area contributed by atoms with Crippen LogP contribution in [0.2, 0.25) is 0 Å². The number of ether oxygens (including phenoxy) is 2. The largest absolute Gasteiger partial charge is 0.496 e. The van der Waals surface area contributed by atoms with Gasteiger partial charge in [-0.3, -0.25) is 0 Å². The number of hydrogen-bond acceptors (Lipinski definition) is 5. The van der Waals surface area contributed by atoms with Crippen LogP contribution in [0.15, 0.2) is 23.6 Å². The van der Waals surface area contributed by atoms with Crippen molar-refractivity contribution in [2.75, 3.05) is 38.3 Å². The molecule has 1 fully saturated rings. The molecule has 0 saturated carbocycles. The number of methoxy groups -OCH3 is 1. The van der Waals surface area contributed by atoms with E-state index in [1.54, 1.807) is 24.5 Å². The molecule has 0 aliphatic carbocycles. The molecule has 0 atom stereocenters. The third-order valence-electron chi connectivity index (χ3n) is 3.21. The number of rotatable bonds is 3. The molecule has 1 aromatic heterocycles. The fourth-order valence-electron chi connectivity index (χ4n) is 2.17. The number of thiazole rings is 1. The van der Waals surface area contributed by atoms with Crippen molar-refractivity contribution < 1.29 is 13.9 Å². The molecule has 4 nitrogen and oxygen atoms in total. The molecular weight excluding hydrogens is 279 g/mol. The SMILES string of the molecule is COc1ccc(F)cc1-c1csc(N2CCOCC2)n1. The molecule has 6 heteroatoms. The molecule has 0 bridgehead atoms. The maximum atomic E-state index is 13.4. The van der Waals surface area contributed by atoms with Crippen molar-refractivity contribution in [3.8, 4) is 17.0 Å². The van der Waals surface area contributed by atoms with Crippen LogP contribution in [0.4, 0.5) is 9.52 Å². The Morgan fingerprint density at radius 3 is 2.90 bits per heavy atom. The Kier molecular flexibility index (Phi) is 3.84. The fourth-order valence-corrected chi connectivity index (χ4v) is 3.05. The average molecular weight is 294 g/mol. The lowest BCUT2D eigenvalue weighted by Crippen LogP contribution is -2.36. The van der Waals surface area contributed by atoms with Gasteiger partial charge in [-0.25, -0.2) is 9.37 Å². The predicted octanol–water partition coefficient (Wildman–Crippen LogP) is 2.79. The lowest BCUT2D eigenvalue weighted by Gasteiger charge is -2.26. The van der Waals surface area contributed by atoms with Crippen molar-refractivity contribution in [3.05, 3.63) is 29.4 Å². The summed E-state index contributed by atoms with van der Waals surface area (Å²) in [6.07, 6.45) is 0. The molecule has 0 amide bonds. The van der Waals surface area contributed by atoms with E-state index in [9.17, 15) is 4.39 Å². The smallest absolute Gasteiger partial charge is 0.186 e. The third-order valence-corrected chi connectivity index (χ3v) is 4.11. The first-order valence-electron chi connectivity index (χ1n) is 6.40. The molecule has 3 rings (SSSR count). The maximum absolute atomic E-state index is 13.4. The topological polar surface area (TPSA) is 34.6 Å². The Labute approximate surface area is 120 Å². The Morgan fingerprint density at radius 2 is 2.15 bits per heavy atom. The summed E-state index contributed by atoms with van der Waals surface area (Å²) in [5.41, 5.74) is 1.43.